The number of benzene rings is 1. The molecule has 1 saturated heterocycles. The van der Waals surface area contributed by atoms with Crippen molar-refractivity contribution in [3.05, 3.63) is 23.0 Å². The number of hydrogen-bond acceptors (Lipinski definition) is 4. The van der Waals surface area contributed by atoms with Gasteiger partial charge in [0.15, 0.2) is 0 Å². The summed E-state index contributed by atoms with van der Waals surface area (Å²) in [6.45, 7) is 0.240. The Balaban J connectivity index is 1.87. The first-order valence-electron chi connectivity index (χ1n) is 7.33. The number of amides is 2. The van der Waals surface area contributed by atoms with Crippen LogP contribution in [0.25, 0.3) is 0 Å². The molecular formula is C15H16FN3O3. The average molecular weight is 305 g/mol. The maximum Gasteiger partial charge on any atom is 0.415 e. The van der Waals surface area contributed by atoms with Gasteiger partial charge in [-0.2, -0.15) is 0 Å². The lowest BCUT2D eigenvalue weighted by molar-refractivity contribution is -0.118. The molecule has 22 heavy (non-hydrogen) atoms. The van der Waals surface area contributed by atoms with Crippen molar-refractivity contribution in [1.29, 1.82) is 0 Å². The van der Waals surface area contributed by atoms with E-state index in [9.17, 15) is 14.0 Å². The van der Waals surface area contributed by atoms with Gasteiger partial charge in [-0.05, 0) is 24.0 Å². The lowest BCUT2D eigenvalue weighted by Crippen LogP contribution is -2.37. The van der Waals surface area contributed by atoms with Crippen LogP contribution >= 0.6 is 0 Å². The summed E-state index contributed by atoms with van der Waals surface area (Å²) < 4.78 is 19.7. The second-order valence-electron chi connectivity index (χ2n) is 5.94. The highest BCUT2D eigenvalue weighted by Gasteiger charge is 2.48. The van der Waals surface area contributed by atoms with Gasteiger partial charge in [-0.25, -0.2) is 9.18 Å². The Morgan fingerprint density at radius 2 is 2.14 bits per heavy atom. The number of fused-ring (bicyclic) bond motifs is 5. The number of nitrogens with zero attached hydrogens (tertiary/aromatic N) is 2. The maximum atomic E-state index is 14.5. The standard InChI is InChI=1S/C15H16FN3O3/c1-18-13(20)3-2-7-8-4-11-12(6-17)22-15(21)19(11)10(8)5-9(16)14(7)18/h5,11-12H,2-4,6,17H2,1H3/t11-,12-/m0/s1. The van der Waals surface area contributed by atoms with Crippen LogP contribution in [0.1, 0.15) is 17.5 Å². The molecule has 0 radical (unpaired) electrons. The van der Waals surface area contributed by atoms with E-state index in [-0.39, 0.29) is 24.6 Å². The molecule has 0 unspecified atom stereocenters. The van der Waals surface area contributed by atoms with E-state index >= 15 is 0 Å². The molecule has 0 spiro atoms. The van der Waals surface area contributed by atoms with Crippen LogP contribution in [0.3, 0.4) is 0 Å². The topological polar surface area (TPSA) is 75.9 Å². The first-order valence-corrected chi connectivity index (χ1v) is 7.33. The summed E-state index contributed by atoms with van der Waals surface area (Å²) in [7, 11) is 1.59. The molecular weight excluding hydrogens is 289 g/mol. The van der Waals surface area contributed by atoms with E-state index in [0.717, 1.165) is 11.1 Å². The quantitative estimate of drug-likeness (QED) is 0.838. The van der Waals surface area contributed by atoms with E-state index in [0.29, 0.717) is 30.6 Å². The molecule has 0 aliphatic carbocycles. The molecule has 2 amide bonds. The molecule has 116 valence electrons. The molecule has 3 aliphatic heterocycles. The SMILES string of the molecule is CN1C(=O)CCc2c3c(cc(F)c21)N1C(=O)O[C@@H](CN)[C@@H]1C3. The Morgan fingerprint density at radius 1 is 1.36 bits per heavy atom. The Labute approximate surface area is 126 Å². The molecule has 1 fully saturated rings. The molecule has 7 heteroatoms. The lowest BCUT2D eigenvalue weighted by Gasteiger charge is -2.28. The van der Waals surface area contributed by atoms with Gasteiger partial charge in [0, 0.05) is 26.1 Å². The van der Waals surface area contributed by atoms with Crippen LogP contribution in [-0.4, -0.2) is 37.7 Å². The number of cyclic esters (lactones) is 1. The second kappa shape index (κ2) is 4.42. The normalized spacial score (nSPS) is 26.0. The zero-order chi connectivity index (χ0) is 15.6. The van der Waals surface area contributed by atoms with Gasteiger partial charge in [0.05, 0.1) is 17.4 Å². The van der Waals surface area contributed by atoms with Crippen molar-refractivity contribution in [2.24, 2.45) is 5.73 Å². The highest BCUT2D eigenvalue weighted by atomic mass is 19.1. The summed E-state index contributed by atoms with van der Waals surface area (Å²) in [6, 6.07) is 1.16. The van der Waals surface area contributed by atoms with E-state index < -0.39 is 11.9 Å². The first kappa shape index (κ1) is 13.5. The summed E-state index contributed by atoms with van der Waals surface area (Å²) >= 11 is 0. The Morgan fingerprint density at radius 3 is 2.86 bits per heavy atom. The van der Waals surface area contributed by atoms with E-state index in [1.165, 1.54) is 15.9 Å². The number of carbonyl (C=O) groups is 2. The number of nitrogens with two attached hydrogens (primary N) is 1. The summed E-state index contributed by atoms with van der Waals surface area (Å²) in [6.07, 6.45) is 0.601. The molecule has 6 nitrogen and oxygen atoms in total. The largest absolute Gasteiger partial charge is 0.442 e. The zero-order valence-corrected chi connectivity index (χ0v) is 12.1. The number of halogens is 1. The third kappa shape index (κ3) is 1.57. The van der Waals surface area contributed by atoms with Crippen LogP contribution in [0, 0.1) is 5.82 Å². The molecule has 0 aromatic heterocycles. The molecule has 0 bridgehead atoms. The molecule has 3 heterocycles. The van der Waals surface area contributed by atoms with Crippen LogP contribution in [0.2, 0.25) is 0 Å². The van der Waals surface area contributed by atoms with Crippen LogP contribution in [0.4, 0.5) is 20.6 Å². The minimum atomic E-state index is -0.478. The van der Waals surface area contributed by atoms with E-state index in [1.54, 1.807) is 7.05 Å². The van der Waals surface area contributed by atoms with Gasteiger partial charge in [0.1, 0.15) is 11.9 Å². The van der Waals surface area contributed by atoms with Gasteiger partial charge in [-0.3, -0.25) is 9.69 Å². The summed E-state index contributed by atoms with van der Waals surface area (Å²) in [5.74, 6) is -0.571. The minimum absolute atomic E-state index is 0.0934. The van der Waals surface area contributed by atoms with Gasteiger partial charge in [0.25, 0.3) is 0 Å². The molecule has 3 aliphatic rings. The molecule has 2 atom stereocenters. The van der Waals surface area contributed by atoms with Crippen molar-refractivity contribution in [2.75, 3.05) is 23.4 Å². The molecule has 1 aromatic carbocycles. The first-order chi connectivity index (χ1) is 10.5. The average Bonchev–Trinajstić information content (AvgIpc) is 3.01. The van der Waals surface area contributed by atoms with E-state index in [2.05, 4.69) is 0 Å². The van der Waals surface area contributed by atoms with Crippen LogP contribution in [-0.2, 0) is 22.4 Å². The second-order valence-corrected chi connectivity index (χ2v) is 5.94. The molecule has 2 N–H and O–H groups in total. The number of ether oxygens (including phenoxy) is 1. The van der Waals surface area contributed by atoms with E-state index in [1.807, 2.05) is 0 Å². The van der Waals surface area contributed by atoms with Gasteiger partial charge < -0.3 is 15.4 Å². The fourth-order valence-electron chi connectivity index (χ4n) is 3.80. The van der Waals surface area contributed by atoms with Crippen molar-refractivity contribution in [3.63, 3.8) is 0 Å². The van der Waals surface area contributed by atoms with E-state index in [4.69, 9.17) is 10.5 Å². The number of hydrogen-bond donors (Lipinski definition) is 1. The van der Waals surface area contributed by atoms with Crippen LogP contribution in [0.5, 0.6) is 0 Å². The minimum Gasteiger partial charge on any atom is -0.442 e. The van der Waals surface area contributed by atoms with Crippen molar-refractivity contribution in [3.8, 4) is 0 Å². The number of anilines is 2. The number of carbonyl (C=O) groups excluding carboxylic acids is 2. The van der Waals surface area contributed by atoms with Gasteiger partial charge >= 0.3 is 6.09 Å². The van der Waals surface area contributed by atoms with Crippen LogP contribution < -0.4 is 15.5 Å². The van der Waals surface area contributed by atoms with Crippen molar-refractivity contribution >= 4 is 23.4 Å². The van der Waals surface area contributed by atoms with Crippen molar-refractivity contribution < 1.29 is 18.7 Å². The summed E-state index contributed by atoms with van der Waals surface area (Å²) in [5, 5.41) is 0. The maximum absolute atomic E-state index is 14.5. The van der Waals surface area contributed by atoms with Gasteiger partial charge in [0.2, 0.25) is 5.91 Å². The third-order valence-corrected chi connectivity index (χ3v) is 4.86. The van der Waals surface area contributed by atoms with Crippen molar-refractivity contribution in [1.82, 2.24) is 0 Å². The van der Waals surface area contributed by atoms with Crippen molar-refractivity contribution in [2.45, 2.75) is 31.4 Å². The Bertz CT molecular complexity index is 706. The zero-order valence-electron chi connectivity index (χ0n) is 12.1. The predicted molar refractivity (Wildman–Crippen MR) is 77.4 cm³/mol. The predicted octanol–water partition coefficient (Wildman–Crippen LogP) is 0.943. The smallest absolute Gasteiger partial charge is 0.415 e. The lowest BCUT2D eigenvalue weighted by atomic mass is 9.92. The molecule has 4 rings (SSSR count). The highest BCUT2D eigenvalue weighted by Crippen LogP contribution is 2.45. The third-order valence-electron chi connectivity index (χ3n) is 4.86. The Kier molecular flexibility index (Phi) is 2.72. The number of rotatable bonds is 1. The summed E-state index contributed by atoms with van der Waals surface area (Å²) in [5.41, 5.74) is 8.33. The fraction of sp³-hybridized carbons (Fsp3) is 0.467. The Hall–Kier alpha value is -2.15. The molecule has 0 saturated carbocycles. The van der Waals surface area contributed by atoms with Gasteiger partial charge in [-0.1, -0.05) is 0 Å². The van der Waals surface area contributed by atoms with Crippen LogP contribution in [0.15, 0.2) is 6.07 Å². The highest BCUT2D eigenvalue weighted by molar-refractivity contribution is 5.99. The monoisotopic (exact) mass is 305 g/mol. The fourth-order valence-corrected chi connectivity index (χ4v) is 3.80. The molecule has 1 aromatic rings. The summed E-state index contributed by atoms with van der Waals surface area (Å²) in [4.78, 5) is 26.7. The van der Waals surface area contributed by atoms with Gasteiger partial charge in [-0.15, -0.1) is 0 Å².